The summed E-state index contributed by atoms with van der Waals surface area (Å²) < 4.78 is 16.5. The van der Waals surface area contributed by atoms with Crippen LogP contribution < -0.4 is 0 Å². The molecule has 5 heterocycles. The first-order chi connectivity index (χ1) is 20.3. The van der Waals surface area contributed by atoms with Gasteiger partial charge in [0.15, 0.2) is 0 Å². The summed E-state index contributed by atoms with van der Waals surface area (Å²) in [6.45, 7) is 9.20. The lowest BCUT2D eigenvalue weighted by Gasteiger charge is -2.33. The number of aliphatic hydroxyl groups excluding tert-OH is 1. The highest BCUT2D eigenvalue weighted by molar-refractivity contribution is 5.99. The van der Waals surface area contributed by atoms with Crippen molar-refractivity contribution in [1.82, 2.24) is 24.3 Å². The SMILES string of the molecule is CC(=O)N1CCC(CN2CC[C@@H](Cc3cn(-c4ccc(F)cc4C(=O)N4CCC[C@H]4CO)c4cncc(C)c34)C2)CC1. The van der Waals surface area contributed by atoms with E-state index in [1.807, 2.05) is 21.9 Å². The number of rotatable bonds is 7. The number of carbonyl (C=O) groups is 2. The summed E-state index contributed by atoms with van der Waals surface area (Å²) in [4.78, 5) is 36.1. The van der Waals surface area contributed by atoms with Gasteiger partial charge in [-0.2, -0.15) is 0 Å². The fourth-order valence-electron chi connectivity index (χ4n) is 7.48. The number of hydrogen-bond donors (Lipinski definition) is 1. The van der Waals surface area contributed by atoms with Crippen molar-refractivity contribution >= 4 is 22.7 Å². The average molecular weight is 576 g/mol. The van der Waals surface area contributed by atoms with Crippen molar-refractivity contribution in [3.63, 3.8) is 0 Å². The van der Waals surface area contributed by atoms with Crippen molar-refractivity contribution in [3.05, 3.63) is 59.3 Å². The van der Waals surface area contributed by atoms with Gasteiger partial charge in [0, 0.05) is 57.4 Å². The average Bonchev–Trinajstić information content (AvgIpc) is 3.73. The molecule has 0 spiro atoms. The Balaban J connectivity index is 1.24. The van der Waals surface area contributed by atoms with Crippen LogP contribution in [0.4, 0.5) is 4.39 Å². The van der Waals surface area contributed by atoms with Gasteiger partial charge in [-0.25, -0.2) is 4.39 Å². The smallest absolute Gasteiger partial charge is 0.256 e. The van der Waals surface area contributed by atoms with E-state index < -0.39 is 5.82 Å². The Morgan fingerprint density at radius 3 is 2.60 bits per heavy atom. The molecule has 2 aromatic heterocycles. The minimum atomic E-state index is -0.453. The number of aromatic nitrogens is 2. The Morgan fingerprint density at radius 2 is 1.83 bits per heavy atom. The molecule has 8 nitrogen and oxygen atoms in total. The zero-order valence-electron chi connectivity index (χ0n) is 24.8. The molecular formula is C33H42FN5O3. The molecule has 3 fully saturated rings. The molecule has 3 aliphatic heterocycles. The van der Waals surface area contributed by atoms with Crippen molar-refractivity contribution in [1.29, 1.82) is 0 Å². The van der Waals surface area contributed by atoms with Crippen LogP contribution in [-0.2, 0) is 11.2 Å². The van der Waals surface area contributed by atoms with Crippen molar-refractivity contribution in [3.8, 4) is 5.69 Å². The van der Waals surface area contributed by atoms with Crippen LogP contribution in [0, 0.1) is 24.6 Å². The fraction of sp³-hybridized carbons (Fsp3) is 0.545. The molecule has 0 bridgehead atoms. The van der Waals surface area contributed by atoms with Crippen LogP contribution in [0.5, 0.6) is 0 Å². The molecule has 0 saturated carbocycles. The number of amides is 2. The van der Waals surface area contributed by atoms with E-state index >= 15 is 0 Å². The number of hydrogen-bond acceptors (Lipinski definition) is 5. The lowest BCUT2D eigenvalue weighted by Crippen LogP contribution is -2.40. The van der Waals surface area contributed by atoms with Gasteiger partial charge in [0.1, 0.15) is 5.82 Å². The predicted molar refractivity (Wildman–Crippen MR) is 160 cm³/mol. The summed E-state index contributed by atoms with van der Waals surface area (Å²) in [5.74, 6) is 0.654. The van der Waals surface area contributed by atoms with Gasteiger partial charge in [-0.3, -0.25) is 14.6 Å². The summed E-state index contributed by atoms with van der Waals surface area (Å²) in [6, 6.07) is 4.19. The third-order valence-corrected chi connectivity index (χ3v) is 9.73. The highest BCUT2D eigenvalue weighted by atomic mass is 19.1. The summed E-state index contributed by atoms with van der Waals surface area (Å²) in [5.41, 5.74) is 4.17. The molecule has 224 valence electrons. The molecule has 2 atom stereocenters. The van der Waals surface area contributed by atoms with Crippen molar-refractivity contribution in [2.45, 2.75) is 58.4 Å². The number of fused-ring (bicyclic) bond motifs is 1. The highest BCUT2D eigenvalue weighted by Crippen LogP contribution is 2.33. The Bertz CT molecular complexity index is 1460. The molecule has 2 amide bonds. The number of likely N-dealkylation sites (tertiary alicyclic amines) is 3. The number of nitrogens with zero attached hydrogens (tertiary/aromatic N) is 5. The maximum absolute atomic E-state index is 14.5. The maximum Gasteiger partial charge on any atom is 0.256 e. The quantitative estimate of drug-likeness (QED) is 0.457. The number of pyridine rings is 1. The number of carbonyl (C=O) groups excluding carboxylic acids is 2. The summed E-state index contributed by atoms with van der Waals surface area (Å²) in [7, 11) is 0. The summed E-state index contributed by atoms with van der Waals surface area (Å²) in [5, 5.41) is 11.0. The molecule has 6 rings (SSSR count). The largest absolute Gasteiger partial charge is 0.394 e. The van der Waals surface area contributed by atoms with Gasteiger partial charge in [-0.1, -0.05) is 0 Å². The number of aryl methyl sites for hydroxylation is 1. The van der Waals surface area contributed by atoms with Gasteiger partial charge < -0.3 is 24.4 Å². The molecule has 3 saturated heterocycles. The first kappa shape index (κ1) is 28.8. The Hall–Kier alpha value is -3.30. The van der Waals surface area contributed by atoms with Crippen LogP contribution in [0.3, 0.4) is 0 Å². The van der Waals surface area contributed by atoms with Crippen LogP contribution in [0.15, 0.2) is 36.8 Å². The Kier molecular flexibility index (Phi) is 8.32. The normalized spacial score (nSPS) is 22.0. The number of aliphatic hydroxyl groups is 1. The molecule has 0 aliphatic carbocycles. The second-order valence-corrected chi connectivity index (χ2v) is 12.6. The van der Waals surface area contributed by atoms with Crippen LogP contribution >= 0.6 is 0 Å². The Labute approximate surface area is 247 Å². The second kappa shape index (κ2) is 12.1. The number of halogens is 1. The van der Waals surface area contributed by atoms with Crippen LogP contribution in [0.2, 0.25) is 0 Å². The van der Waals surface area contributed by atoms with Gasteiger partial charge in [-0.05, 0) is 93.2 Å². The lowest BCUT2D eigenvalue weighted by molar-refractivity contribution is -0.130. The molecule has 3 aliphatic rings. The molecule has 9 heteroatoms. The standard InChI is InChI=1S/C33H42FN5O3/c1-22-16-35-17-31-32(22)26(14-25-7-11-36(19-25)18-24-8-12-37(13-9-24)23(2)41)20-39(31)30-6-5-27(34)15-29(30)33(42)38-10-3-4-28(38)21-40/h5-6,15-17,20,24-25,28,40H,3-4,7-14,18-19,21H2,1-2H3/t25-,28-/m0/s1. The zero-order valence-corrected chi connectivity index (χ0v) is 24.8. The van der Waals surface area contributed by atoms with E-state index in [1.54, 1.807) is 17.9 Å². The molecule has 0 radical (unpaired) electrons. The first-order valence-electron chi connectivity index (χ1n) is 15.5. The van der Waals surface area contributed by atoms with E-state index in [9.17, 15) is 19.1 Å². The summed E-state index contributed by atoms with van der Waals surface area (Å²) >= 11 is 0. The predicted octanol–water partition coefficient (Wildman–Crippen LogP) is 4.19. The van der Waals surface area contributed by atoms with Crippen LogP contribution in [-0.4, -0.2) is 93.1 Å². The van der Waals surface area contributed by atoms with E-state index in [-0.39, 0.29) is 24.5 Å². The molecule has 42 heavy (non-hydrogen) atoms. The third kappa shape index (κ3) is 5.69. The van der Waals surface area contributed by atoms with Gasteiger partial charge in [0.05, 0.1) is 35.6 Å². The van der Waals surface area contributed by atoms with Gasteiger partial charge in [0.2, 0.25) is 5.91 Å². The fourth-order valence-corrected chi connectivity index (χ4v) is 7.48. The highest BCUT2D eigenvalue weighted by Gasteiger charge is 2.32. The minimum Gasteiger partial charge on any atom is -0.394 e. The maximum atomic E-state index is 14.5. The van der Waals surface area contributed by atoms with Crippen molar-refractivity contribution < 1.29 is 19.1 Å². The van der Waals surface area contributed by atoms with Crippen molar-refractivity contribution in [2.24, 2.45) is 11.8 Å². The van der Waals surface area contributed by atoms with Gasteiger partial charge in [0.25, 0.3) is 5.91 Å². The van der Waals surface area contributed by atoms with Gasteiger partial charge >= 0.3 is 0 Å². The van der Waals surface area contributed by atoms with Gasteiger partial charge in [-0.15, -0.1) is 0 Å². The van der Waals surface area contributed by atoms with E-state index in [4.69, 9.17) is 0 Å². The molecule has 3 aromatic rings. The van der Waals surface area contributed by atoms with Crippen LogP contribution in [0.25, 0.3) is 16.6 Å². The first-order valence-corrected chi connectivity index (χ1v) is 15.5. The van der Waals surface area contributed by atoms with E-state index in [2.05, 4.69) is 23.0 Å². The molecular weight excluding hydrogens is 533 g/mol. The van der Waals surface area contributed by atoms with Crippen molar-refractivity contribution in [2.75, 3.05) is 45.9 Å². The molecule has 1 N–H and O–H groups in total. The van der Waals surface area contributed by atoms with E-state index in [0.29, 0.717) is 29.6 Å². The van der Waals surface area contributed by atoms with E-state index in [1.165, 1.54) is 17.7 Å². The number of piperidine rings is 1. The molecule has 1 aromatic carbocycles. The monoisotopic (exact) mass is 575 g/mol. The van der Waals surface area contributed by atoms with Crippen LogP contribution in [0.1, 0.15) is 60.5 Å². The number of benzene rings is 1. The van der Waals surface area contributed by atoms with E-state index in [0.717, 1.165) is 87.7 Å². The Morgan fingerprint density at radius 1 is 1.05 bits per heavy atom. The minimum absolute atomic E-state index is 0.0912. The third-order valence-electron chi connectivity index (χ3n) is 9.73. The zero-order chi connectivity index (χ0) is 29.4. The summed E-state index contributed by atoms with van der Waals surface area (Å²) in [6.07, 6.45) is 11.7. The molecule has 0 unspecified atom stereocenters. The lowest BCUT2D eigenvalue weighted by atomic mass is 9.96. The second-order valence-electron chi connectivity index (χ2n) is 12.6. The topological polar surface area (TPSA) is 81.9 Å².